The van der Waals surface area contributed by atoms with E-state index in [-0.39, 0.29) is 31.0 Å². The summed E-state index contributed by atoms with van der Waals surface area (Å²) in [5, 5.41) is 13.3. The molecule has 0 aliphatic rings. The predicted octanol–water partition coefficient (Wildman–Crippen LogP) is 3.43. The van der Waals surface area contributed by atoms with Gasteiger partial charge in [0.1, 0.15) is 0 Å². The van der Waals surface area contributed by atoms with Crippen LogP contribution in [0.1, 0.15) is 29.3 Å². The van der Waals surface area contributed by atoms with Gasteiger partial charge in [-0.1, -0.05) is 22.8 Å². The molecule has 2 rings (SSSR count). The fourth-order valence-corrected chi connectivity index (χ4v) is 4.17. The maximum absolute atomic E-state index is 13.3. The van der Waals surface area contributed by atoms with Crippen molar-refractivity contribution in [2.75, 3.05) is 24.0 Å². The van der Waals surface area contributed by atoms with Gasteiger partial charge in [-0.05, 0) is 62.2 Å². The molecule has 1 atom stereocenters. The lowest BCUT2D eigenvalue weighted by molar-refractivity contribution is 0.0526. The smallest absolute Gasteiger partial charge is 0.338 e. The summed E-state index contributed by atoms with van der Waals surface area (Å²) in [6, 6.07) is 12.4. The van der Waals surface area contributed by atoms with Crippen LogP contribution in [-0.4, -0.2) is 45.3 Å². The minimum atomic E-state index is -3.93. The summed E-state index contributed by atoms with van der Waals surface area (Å²) >= 11 is 0. The molecular weight excluding hydrogens is 408 g/mol. The highest BCUT2D eigenvalue weighted by Crippen LogP contribution is 2.25. The van der Waals surface area contributed by atoms with Crippen molar-refractivity contribution in [2.24, 2.45) is 5.11 Å². The number of carbonyl (C=O) groups is 1. The molecule has 30 heavy (non-hydrogen) atoms. The van der Waals surface area contributed by atoms with Gasteiger partial charge in [0, 0.05) is 11.5 Å². The molecule has 0 aromatic heterocycles. The van der Waals surface area contributed by atoms with Gasteiger partial charge in [0.2, 0.25) is 0 Å². The summed E-state index contributed by atoms with van der Waals surface area (Å²) in [5.41, 5.74) is 9.94. The van der Waals surface area contributed by atoms with E-state index in [2.05, 4.69) is 10.0 Å². The highest BCUT2D eigenvalue weighted by Gasteiger charge is 2.25. The van der Waals surface area contributed by atoms with Crippen molar-refractivity contribution in [3.05, 3.63) is 70.1 Å². The Labute approximate surface area is 175 Å². The number of azide groups is 1. The van der Waals surface area contributed by atoms with E-state index in [1.807, 2.05) is 6.92 Å². The molecule has 0 bridgehead atoms. The Kier molecular flexibility index (Phi) is 8.23. The molecule has 0 aliphatic carbocycles. The molecule has 10 heteroatoms. The Balaban J connectivity index is 2.36. The number of esters is 1. The number of aryl methyl sites for hydroxylation is 1. The first-order valence-corrected chi connectivity index (χ1v) is 10.8. The van der Waals surface area contributed by atoms with Crippen molar-refractivity contribution in [1.29, 1.82) is 0 Å². The van der Waals surface area contributed by atoms with Gasteiger partial charge < -0.3 is 9.84 Å². The van der Waals surface area contributed by atoms with Crippen molar-refractivity contribution < 1.29 is 23.1 Å². The summed E-state index contributed by atoms with van der Waals surface area (Å²) in [7, 11) is -3.93. The van der Waals surface area contributed by atoms with Crippen LogP contribution in [0.3, 0.4) is 0 Å². The molecule has 0 unspecified atom stereocenters. The number of aliphatic hydroxyl groups is 1. The standard InChI is InChI=1S/C20H24N4O5S/c1-3-29-20(26)16-6-8-17(9-7-16)24(13-12-18(25)14-22-23-21)30(27,28)19-10-4-15(2)5-11-19/h4-11,18,25H,3,12-14H2,1-2H3/t18-/m0/s1. The van der Waals surface area contributed by atoms with Crippen molar-refractivity contribution in [3.8, 4) is 0 Å². The third-order valence-electron chi connectivity index (χ3n) is 4.30. The SMILES string of the molecule is CCOC(=O)c1ccc(N(CC[C@H](O)CN=[N+]=[N-])S(=O)(=O)c2ccc(C)cc2)cc1. The van der Waals surface area contributed by atoms with Crippen molar-refractivity contribution in [3.63, 3.8) is 0 Å². The molecule has 9 nitrogen and oxygen atoms in total. The van der Waals surface area contributed by atoms with Crippen LogP contribution in [0.15, 0.2) is 58.5 Å². The third kappa shape index (κ3) is 5.96. The lowest BCUT2D eigenvalue weighted by atomic mass is 10.2. The summed E-state index contributed by atoms with van der Waals surface area (Å²) in [4.78, 5) is 14.6. The maximum Gasteiger partial charge on any atom is 0.338 e. The lowest BCUT2D eigenvalue weighted by Gasteiger charge is -2.25. The zero-order valence-corrected chi connectivity index (χ0v) is 17.6. The van der Waals surface area contributed by atoms with E-state index in [4.69, 9.17) is 10.3 Å². The van der Waals surface area contributed by atoms with E-state index >= 15 is 0 Å². The van der Waals surface area contributed by atoms with Gasteiger partial charge in [-0.15, -0.1) is 0 Å². The zero-order valence-electron chi connectivity index (χ0n) is 16.8. The molecule has 0 radical (unpaired) electrons. The van der Waals surface area contributed by atoms with Gasteiger partial charge in [-0.2, -0.15) is 0 Å². The number of hydrogen-bond donors (Lipinski definition) is 1. The quantitative estimate of drug-likeness (QED) is 0.266. The zero-order chi connectivity index (χ0) is 22.1. The van der Waals surface area contributed by atoms with E-state index in [1.165, 1.54) is 36.4 Å². The number of benzene rings is 2. The highest BCUT2D eigenvalue weighted by atomic mass is 32.2. The monoisotopic (exact) mass is 432 g/mol. The predicted molar refractivity (Wildman–Crippen MR) is 113 cm³/mol. The van der Waals surface area contributed by atoms with Crippen LogP contribution in [0.4, 0.5) is 5.69 Å². The average molecular weight is 433 g/mol. The van der Waals surface area contributed by atoms with Crippen molar-refractivity contribution >= 4 is 21.7 Å². The van der Waals surface area contributed by atoms with Gasteiger partial charge in [-0.25, -0.2) is 13.2 Å². The van der Waals surface area contributed by atoms with E-state index in [0.29, 0.717) is 11.3 Å². The largest absolute Gasteiger partial charge is 0.462 e. The van der Waals surface area contributed by atoms with Crippen LogP contribution >= 0.6 is 0 Å². The van der Waals surface area contributed by atoms with Crippen LogP contribution in [0, 0.1) is 6.92 Å². The van der Waals surface area contributed by atoms with Gasteiger partial charge in [0.15, 0.2) is 0 Å². The molecular formula is C20H24N4O5S. The average Bonchev–Trinajstić information content (AvgIpc) is 2.73. The summed E-state index contributed by atoms with van der Waals surface area (Å²) in [6.45, 7) is 3.59. The van der Waals surface area contributed by atoms with Crippen LogP contribution in [0.2, 0.25) is 0 Å². The van der Waals surface area contributed by atoms with E-state index in [0.717, 1.165) is 9.87 Å². The molecule has 0 amide bonds. The molecule has 0 aliphatic heterocycles. The molecule has 0 fully saturated rings. The second-order valence-electron chi connectivity index (χ2n) is 6.51. The first-order valence-electron chi connectivity index (χ1n) is 9.35. The van der Waals surface area contributed by atoms with Gasteiger partial charge in [-0.3, -0.25) is 4.31 Å². The Hall–Kier alpha value is -3.07. The highest BCUT2D eigenvalue weighted by molar-refractivity contribution is 7.92. The fraction of sp³-hybridized carbons (Fsp3) is 0.350. The van der Waals surface area contributed by atoms with E-state index in [9.17, 15) is 18.3 Å². The van der Waals surface area contributed by atoms with Crippen molar-refractivity contribution in [1.82, 2.24) is 0 Å². The molecule has 2 aromatic rings. The number of hydrogen-bond acceptors (Lipinski definition) is 6. The Morgan fingerprint density at radius 2 is 1.83 bits per heavy atom. The Morgan fingerprint density at radius 3 is 2.40 bits per heavy atom. The van der Waals surface area contributed by atoms with Crippen molar-refractivity contribution in [2.45, 2.75) is 31.3 Å². The molecule has 0 saturated carbocycles. The second-order valence-corrected chi connectivity index (χ2v) is 8.38. The number of carbonyl (C=O) groups excluding carboxylic acids is 1. The summed E-state index contributed by atoms with van der Waals surface area (Å²) in [6.07, 6.45) is -0.931. The van der Waals surface area contributed by atoms with Gasteiger partial charge in [0.25, 0.3) is 10.0 Å². The lowest BCUT2D eigenvalue weighted by Crippen LogP contribution is -2.34. The summed E-state index contributed by atoms with van der Waals surface area (Å²) < 4.78 is 32.6. The Bertz CT molecular complexity index is 1000. The molecule has 160 valence electrons. The topological polar surface area (TPSA) is 133 Å². The van der Waals surface area contributed by atoms with Gasteiger partial charge in [0.05, 0.1) is 35.4 Å². The van der Waals surface area contributed by atoms with E-state index < -0.39 is 22.1 Å². The van der Waals surface area contributed by atoms with Crippen LogP contribution in [0.5, 0.6) is 0 Å². The number of sulfonamides is 1. The number of aliphatic hydroxyl groups excluding tert-OH is 1. The molecule has 0 heterocycles. The molecule has 1 N–H and O–H groups in total. The first kappa shape index (κ1) is 23.2. The summed E-state index contributed by atoms with van der Waals surface area (Å²) in [5.74, 6) is -0.498. The molecule has 2 aromatic carbocycles. The normalized spacial score (nSPS) is 12.0. The minimum Gasteiger partial charge on any atom is -0.462 e. The number of anilines is 1. The van der Waals surface area contributed by atoms with Crippen LogP contribution < -0.4 is 4.31 Å². The number of rotatable bonds is 10. The Morgan fingerprint density at radius 1 is 1.20 bits per heavy atom. The third-order valence-corrected chi connectivity index (χ3v) is 6.14. The van der Waals surface area contributed by atoms with Gasteiger partial charge >= 0.3 is 5.97 Å². The van der Waals surface area contributed by atoms with Crippen LogP contribution in [0.25, 0.3) is 10.4 Å². The molecule has 0 spiro atoms. The second kappa shape index (κ2) is 10.6. The maximum atomic E-state index is 13.3. The number of ether oxygens (including phenoxy) is 1. The van der Waals surface area contributed by atoms with E-state index in [1.54, 1.807) is 19.1 Å². The first-order chi connectivity index (χ1) is 14.3. The minimum absolute atomic E-state index is 0.0446. The molecule has 0 saturated heterocycles. The van der Waals surface area contributed by atoms with Crippen LogP contribution in [-0.2, 0) is 14.8 Å². The number of nitrogens with zero attached hydrogens (tertiary/aromatic N) is 4. The fourth-order valence-electron chi connectivity index (χ4n) is 2.69.